The number of nitrogens with two attached hydrogens (primary N) is 1. The monoisotopic (exact) mass is 260 g/mol. The third kappa shape index (κ3) is 3.86. The Morgan fingerprint density at radius 2 is 2.29 bits per heavy atom. The Kier molecular flexibility index (Phi) is 5.76. The van der Waals surface area contributed by atoms with Crippen LogP contribution in [0.1, 0.15) is 33.6 Å². The second kappa shape index (κ2) is 6.61. The van der Waals surface area contributed by atoms with E-state index in [1.807, 2.05) is 0 Å². The number of aliphatic hydroxyl groups excluding tert-OH is 1. The second-order valence-electron chi connectivity index (χ2n) is 4.80. The van der Waals surface area contributed by atoms with Gasteiger partial charge in [-0.3, -0.25) is 4.99 Å². The molecule has 0 aromatic rings. The van der Waals surface area contributed by atoms with Gasteiger partial charge < -0.3 is 15.6 Å². The molecule has 4 nitrogen and oxygen atoms in total. The molecule has 5 atom stereocenters. The number of aliphatic imine (C=N–C) groups is 1. The fourth-order valence-corrected chi connectivity index (χ4v) is 3.00. The van der Waals surface area contributed by atoms with E-state index in [-0.39, 0.29) is 23.6 Å². The zero-order chi connectivity index (χ0) is 13.0. The average molecular weight is 260 g/mol. The Morgan fingerprint density at radius 1 is 1.65 bits per heavy atom. The Bertz CT molecular complexity index is 273. The molecule has 0 aromatic heterocycles. The highest BCUT2D eigenvalue weighted by atomic mass is 32.2. The van der Waals surface area contributed by atoms with Gasteiger partial charge in [-0.1, -0.05) is 39.0 Å². The van der Waals surface area contributed by atoms with Crippen molar-refractivity contribution in [3.05, 3.63) is 0 Å². The molecule has 1 heterocycles. The molecule has 5 heteroatoms. The van der Waals surface area contributed by atoms with Crippen LogP contribution in [0.4, 0.5) is 0 Å². The number of thioether (sulfide) groups is 1. The molecular formula is C12H24N2O2S. The Labute approximate surface area is 108 Å². The molecule has 1 fully saturated rings. The number of hydrogen-bond donors (Lipinski definition) is 2. The van der Waals surface area contributed by atoms with Crippen LogP contribution in [0.25, 0.3) is 0 Å². The van der Waals surface area contributed by atoms with Gasteiger partial charge >= 0.3 is 0 Å². The van der Waals surface area contributed by atoms with Gasteiger partial charge in [0.2, 0.25) is 0 Å². The molecule has 1 saturated heterocycles. The highest BCUT2D eigenvalue weighted by Gasteiger charge is 2.38. The van der Waals surface area contributed by atoms with E-state index in [0.717, 1.165) is 12.8 Å². The molecule has 0 aliphatic carbocycles. The molecule has 0 saturated carbocycles. The van der Waals surface area contributed by atoms with Crippen molar-refractivity contribution in [1.82, 2.24) is 0 Å². The van der Waals surface area contributed by atoms with Crippen LogP contribution in [0.2, 0.25) is 0 Å². The summed E-state index contributed by atoms with van der Waals surface area (Å²) < 4.78 is 5.95. The van der Waals surface area contributed by atoms with Crippen LogP contribution < -0.4 is 5.73 Å². The van der Waals surface area contributed by atoms with Gasteiger partial charge in [0.15, 0.2) is 5.17 Å². The number of hydrogen-bond acceptors (Lipinski definition) is 4. The molecule has 1 rings (SSSR count). The lowest BCUT2D eigenvalue weighted by Gasteiger charge is -2.40. The number of rotatable bonds is 3. The maximum atomic E-state index is 10.2. The fraction of sp³-hybridized carbons (Fsp3) is 0.917. The van der Waals surface area contributed by atoms with Crippen molar-refractivity contribution in [2.45, 2.75) is 51.3 Å². The van der Waals surface area contributed by atoms with Crippen LogP contribution in [0.3, 0.4) is 0 Å². The van der Waals surface area contributed by atoms with E-state index in [4.69, 9.17) is 10.5 Å². The standard InChI is InChI=1S/C12H24N2O2S/c1-5-7(2)11-10(15)8(3)6-9(16-11)17-12(13)14-4/h7-11,15H,5-6H2,1-4H3,(H2,13,14). The largest absolute Gasteiger partial charge is 0.390 e. The molecule has 100 valence electrons. The zero-order valence-corrected chi connectivity index (χ0v) is 11.9. The summed E-state index contributed by atoms with van der Waals surface area (Å²) >= 11 is 1.45. The van der Waals surface area contributed by atoms with E-state index in [1.54, 1.807) is 7.05 Å². The van der Waals surface area contributed by atoms with E-state index < -0.39 is 0 Å². The maximum Gasteiger partial charge on any atom is 0.156 e. The van der Waals surface area contributed by atoms with Gasteiger partial charge in [0.05, 0.1) is 12.2 Å². The van der Waals surface area contributed by atoms with Crippen LogP contribution in [-0.4, -0.2) is 35.0 Å². The van der Waals surface area contributed by atoms with Gasteiger partial charge in [-0.25, -0.2) is 0 Å². The molecular weight excluding hydrogens is 236 g/mol. The van der Waals surface area contributed by atoms with Crippen molar-refractivity contribution in [2.24, 2.45) is 22.6 Å². The minimum atomic E-state index is -0.374. The van der Waals surface area contributed by atoms with Crippen molar-refractivity contribution >= 4 is 16.9 Å². The van der Waals surface area contributed by atoms with Crippen molar-refractivity contribution in [3.8, 4) is 0 Å². The van der Waals surface area contributed by atoms with E-state index in [2.05, 4.69) is 25.8 Å². The summed E-state index contributed by atoms with van der Waals surface area (Å²) in [7, 11) is 1.68. The predicted molar refractivity (Wildman–Crippen MR) is 73.0 cm³/mol. The molecule has 1 aliphatic rings. The van der Waals surface area contributed by atoms with Gasteiger partial charge in [-0.2, -0.15) is 0 Å². The van der Waals surface area contributed by atoms with E-state index in [0.29, 0.717) is 11.1 Å². The first-order valence-electron chi connectivity index (χ1n) is 6.22. The summed E-state index contributed by atoms with van der Waals surface area (Å²) in [6, 6.07) is 0. The molecule has 0 radical (unpaired) electrons. The summed E-state index contributed by atoms with van der Waals surface area (Å²) in [5, 5.41) is 10.7. The molecule has 0 bridgehead atoms. The average Bonchev–Trinajstić information content (AvgIpc) is 2.32. The molecule has 17 heavy (non-hydrogen) atoms. The van der Waals surface area contributed by atoms with Gasteiger partial charge in [0, 0.05) is 7.05 Å². The third-order valence-corrected chi connectivity index (χ3v) is 4.46. The maximum absolute atomic E-state index is 10.2. The first-order valence-corrected chi connectivity index (χ1v) is 7.10. The van der Waals surface area contributed by atoms with Crippen LogP contribution in [0, 0.1) is 11.8 Å². The Balaban J connectivity index is 2.66. The number of aliphatic hydroxyl groups is 1. The van der Waals surface area contributed by atoms with Crippen LogP contribution in [-0.2, 0) is 4.74 Å². The highest BCUT2D eigenvalue weighted by molar-refractivity contribution is 8.14. The zero-order valence-electron chi connectivity index (χ0n) is 11.1. The number of amidine groups is 1. The first kappa shape index (κ1) is 14.8. The molecule has 1 aliphatic heterocycles. The number of ether oxygens (including phenoxy) is 1. The Morgan fingerprint density at radius 3 is 2.82 bits per heavy atom. The van der Waals surface area contributed by atoms with E-state index in [1.165, 1.54) is 11.8 Å². The van der Waals surface area contributed by atoms with Gasteiger partial charge in [0.25, 0.3) is 0 Å². The molecule has 0 aromatic carbocycles. The predicted octanol–water partition coefficient (Wildman–Crippen LogP) is 1.82. The smallest absolute Gasteiger partial charge is 0.156 e. The van der Waals surface area contributed by atoms with Crippen molar-refractivity contribution in [3.63, 3.8) is 0 Å². The van der Waals surface area contributed by atoms with Crippen LogP contribution in [0.15, 0.2) is 4.99 Å². The molecule has 5 unspecified atom stereocenters. The minimum absolute atomic E-state index is 0.0103. The molecule has 0 amide bonds. The van der Waals surface area contributed by atoms with Crippen molar-refractivity contribution in [1.29, 1.82) is 0 Å². The summed E-state index contributed by atoms with van der Waals surface area (Å²) in [5.41, 5.74) is 5.72. The lowest BCUT2D eigenvalue weighted by atomic mass is 9.86. The summed E-state index contributed by atoms with van der Waals surface area (Å²) in [5.74, 6) is 0.598. The van der Waals surface area contributed by atoms with Crippen molar-refractivity contribution in [2.75, 3.05) is 7.05 Å². The van der Waals surface area contributed by atoms with E-state index >= 15 is 0 Å². The summed E-state index contributed by atoms with van der Waals surface area (Å²) in [6.07, 6.45) is 1.35. The lowest BCUT2D eigenvalue weighted by molar-refractivity contribution is -0.133. The van der Waals surface area contributed by atoms with Crippen LogP contribution in [0.5, 0.6) is 0 Å². The van der Waals surface area contributed by atoms with Gasteiger partial charge in [0.1, 0.15) is 5.44 Å². The minimum Gasteiger partial charge on any atom is -0.390 e. The summed E-state index contributed by atoms with van der Waals surface area (Å²) in [6.45, 7) is 6.30. The Hall–Kier alpha value is -0.260. The molecule has 0 spiro atoms. The van der Waals surface area contributed by atoms with E-state index in [9.17, 15) is 5.11 Å². The SMILES string of the molecule is CCC(C)C1OC(SC(N)=NC)CC(C)C1O. The second-order valence-corrected chi connectivity index (χ2v) is 5.98. The first-order chi connectivity index (χ1) is 7.99. The quantitative estimate of drug-likeness (QED) is 0.600. The lowest BCUT2D eigenvalue weighted by Crippen LogP contribution is -2.46. The van der Waals surface area contributed by atoms with Gasteiger partial charge in [-0.15, -0.1) is 0 Å². The van der Waals surface area contributed by atoms with Crippen molar-refractivity contribution < 1.29 is 9.84 Å². The fourth-order valence-electron chi connectivity index (χ4n) is 2.04. The highest BCUT2D eigenvalue weighted by Crippen LogP contribution is 2.34. The normalized spacial score (nSPS) is 36.9. The van der Waals surface area contributed by atoms with Gasteiger partial charge in [-0.05, 0) is 18.3 Å². The number of nitrogens with zero attached hydrogens (tertiary/aromatic N) is 1. The third-order valence-electron chi connectivity index (χ3n) is 3.47. The van der Waals surface area contributed by atoms with Crippen LogP contribution >= 0.6 is 11.8 Å². The molecule has 3 N–H and O–H groups in total. The summed E-state index contributed by atoms with van der Waals surface area (Å²) in [4.78, 5) is 3.93. The topological polar surface area (TPSA) is 67.8 Å².